The summed E-state index contributed by atoms with van der Waals surface area (Å²) in [5.74, 6) is 1.89. The Morgan fingerprint density at radius 1 is 0.700 bits per heavy atom. The van der Waals surface area contributed by atoms with Crippen LogP contribution in [0.25, 0.3) is 0 Å². The molecule has 2 aliphatic heterocycles. The zero-order chi connectivity index (χ0) is 13.8. The lowest BCUT2D eigenvalue weighted by atomic mass is 10.1. The zero-order valence-corrected chi connectivity index (χ0v) is 12.2. The first-order valence-electron chi connectivity index (χ1n) is 7.96. The minimum absolute atomic E-state index is 0.774. The first-order valence-corrected chi connectivity index (χ1v) is 7.96. The smallest absolute Gasteiger partial charge is 0.157 e. The van der Waals surface area contributed by atoms with Crippen molar-refractivity contribution in [3.05, 3.63) is 6.33 Å². The van der Waals surface area contributed by atoms with Crippen LogP contribution >= 0.6 is 0 Å². The van der Waals surface area contributed by atoms with Crippen molar-refractivity contribution in [1.82, 2.24) is 9.97 Å². The molecular formula is C15H25N5. The van der Waals surface area contributed by atoms with Gasteiger partial charge in [-0.2, -0.15) is 0 Å². The molecule has 0 bridgehead atoms. The summed E-state index contributed by atoms with van der Waals surface area (Å²) in [6.45, 7) is 4.28. The Kier molecular flexibility index (Phi) is 4.23. The molecule has 0 amide bonds. The molecule has 1 aromatic rings. The highest BCUT2D eigenvalue weighted by molar-refractivity contribution is 5.75. The summed E-state index contributed by atoms with van der Waals surface area (Å²) in [4.78, 5) is 13.6. The topological polar surface area (TPSA) is 58.3 Å². The van der Waals surface area contributed by atoms with Gasteiger partial charge in [0.2, 0.25) is 0 Å². The van der Waals surface area contributed by atoms with E-state index in [0.29, 0.717) is 0 Å². The average molecular weight is 275 g/mol. The lowest BCUT2D eigenvalue weighted by Gasteiger charge is -2.30. The van der Waals surface area contributed by atoms with Crippen molar-refractivity contribution in [2.24, 2.45) is 0 Å². The molecule has 2 saturated heterocycles. The molecular weight excluding hydrogens is 250 g/mol. The van der Waals surface area contributed by atoms with Gasteiger partial charge < -0.3 is 15.5 Å². The number of anilines is 3. The van der Waals surface area contributed by atoms with Gasteiger partial charge in [-0.1, -0.05) is 12.8 Å². The molecule has 110 valence electrons. The summed E-state index contributed by atoms with van der Waals surface area (Å²) in [7, 11) is 0. The highest BCUT2D eigenvalue weighted by Crippen LogP contribution is 2.31. The van der Waals surface area contributed by atoms with E-state index in [1.54, 1.807) is 6.33 Å². The first-order chi connectivity index (χ1) is 9.86. The van der Waals surface area contributed by atoms with Gasteiger partial charge in [0.1, 0.15) is 12.0 Å². The number of nitrogens with zero attached hydrogens (tertiary/aromatic N) is 4. The molecule has 3 heterocycles. The second kappa shape index (κ2) is 6.29. The van der Waals surface area contributed by atoms with Crippen molar-refractivity contribution in [2.45, 2.75) is 44.9 Å². The zero-order valence-electron chi connectivity index (χ0n) is 12.2. The summed E-state index contributed by atoms with van der Waals surface area (Å²) >= 11 is 0. The second-order valence-electron chi connectivity index (χ2n) is 5.88. The Bertz CT molecular complexity index is 434. The maximum atomic E-state index is 6.39. The molecule has 2 N–H and O–H groups in total. The molecule has 0 radical (unpaired) electrons. The predicted molar refractivity (Wildman–Crippen MR) is 83.2 cm³/mol. The lowest BCUT2D eigenvalue weighted by Crippen LogP contribution is -2.32. The van der Waals surface area contributed by atoms with Crippen LogP contribution < -0.4 is 15.5 Å². The van der Waals surface area contributed by atoms with Crippen molar-refractivity contribution in [2.75, 3.05) is 41.7 Å². The molecule has 0 unspecified atom stereocenters. The van der Waals surface area contributed by atoms with Gasteiger partial charge in [0.25, 0.3) is 0 Å². The second-order valence-corrected chi connectivity index (χ2v) is 5.88. The molecule has 0 aliphatic carbocycles. The van der Waals surface area contributed by atoms with Crippen molar-refractivity contribution in [1.29, 1.82) is 0 Å². The molecule has 2 fully saturated rings. The van der Waals surface area contributed by atoms with Crippen LogP contribution in [0.2, 0.25) is 0 Å². The van der Waals surface area contributed by atoms with Crippen LogP contribution in [0.15, 0.2) is 6.33 Å². The molecule has 0 spiro atoms. The molecule has 0 atom stereocenters. The van der Waals surface area contributed by atoms with Crippen LogP contribution in [0, 0.1) is 0 Å². The minimum Gasteiger partial charge on any atom is -0.393 e. The third-order valence-electron chi connectivity index (χ3n) is 4.40. The molecule has 5 nitrogen and oxygen atoms in total. The standard InChI is InChI=1S/C15H25N5/c16-13-14(19-8-4-1-2-5-9-19)17-12-18-15(13)20-10-6-3-7-11-20/h12H,1-11,16H2. The fourth-order valence-corrected chi connectivity index (χ4v) is 3.27. The van der Waals surface area contributed by atoms with Crippen molar-refractivity contribution < 1.29 is 0 Å². The van der Waals surface area contributed by atoms with Gasteiger partial charge >= 0.3 is 0 Å². The van der Waals surface area contributed by atoms with E-state index in [9.17, 15) is 0 Å². The molecule has 1 aromatic heterocycles. The van der Waals surface area contributed by atoms with Gasteiger partial charge in [0.05, 0.1) is 0 Å². The average Bonchev–Trinajstić information content (AvgIpc) is 2.77. The molecule has 3 rings (SSSR count). The Labute approximate surface area is 121 Å². The fourth-order valence-electron chi connectivity index (χ4n) is 3.27. The van der Waals surface area contributed by atoms with Crippen molar-refractivity contribution in [3.8, 4) is 0 Å². The molecule has 0 aromatic carbocycles. The Balaban J connectivity index is 1.83. The summed E-state index contributed by atoms with van der Waals surface area (Å²) < 4.78 is 0. The Hall–Kier alpha value is -1.52. The van der Waals surface area contributed by atoms with Crippen LogP contribution in [0.5, 0.6) is 0 Å². The van der Waals surface area contributed by atoms with Crippen LogP contribution in [0.4, 0.5) is 17.3 Å². The van der Waals surface area contributed by atoms with Crippen molar-refractivity contribution in [3.63, 3.8) is 0 Å². The van der Waals surface area contributed by atoms with Gasteiger partial charge in [-0.25, -0.2) is 9.97 Å². The molecule has 20 heavy (non-hydrogen) atoms. The maximum absolute atomic E-state index is 6.39. The number of nitrogens with two attached hydrogens (primary N) is 1. The number of rotatable bonds is 2. The molecule has 0 saturated carbocycles. The first kappa shape index (κ1) is 13.5. The third kappa shape index (κ3) is 2.81. The highest BCUT2D eigenvalue weighted by atomic mass is 15.3. The summed E-state index contributed by atoms with van der Waals surface area (Å²) in [5.41, 5.74) is 7.16. The van der Waals surface area contributed by atoms with E-state index in [1.165, 1.54) is 44.9 Å². The monoisotopic (exact) mass is 275 g/mol. The van der Waals surface area contributed by atoms with E-state index in [4.69, 9.17) is 5.73 Å². The van der Waals surface area contributed by atoms with Gasteiger partial charge in [0.15, 0.2) is 11.6 Å². The number of hydrogen-bond acceptors (Lipinski definition) is 5. The quantitative estimate of drug-likeness (QED) is 0.898. The summed E-state index contributed by atoms with van der Waals surface area (Å²) in [5, 5.41) is 0. The SMILES string of the molecule is Nc1c(N2CCCCCC2)ncnc1N1CCCCC1. The fraction of sp³-hybridized carbons (Fsp3) is 0.733. The maximum Gasteiger partial charge on any atom is 0.157 e. The van der Waals surface area contributed by atoms with E-state index in [2.05, 4.69) is 19.8 Å². The number of piperidine rings is 1. The van der Waals surface area contributed by atoms with E-state index >= 15 is 0 Å². The highest BCUT2D eigenvalue weighted by Gasteiger charge is 2.20. The van der Waals surface area contributed by atoms with Gasteiger partial charge in [-0.05, 0) is 32.1 Å². The van der Waals surface area contributed by atoms with E-state index in [0.717, 1.165) is 43.5 Å². The number of nitrogen functional groups attached to an aromatic ring is 1. The van der Waals surface area contributed by atoms with Crippen LogP contribution in [-0.4, -0.2) is 36.1 Å². The van der Waals surface area contributed by atoms with Crippen LogP contribution in [0.3, 0.4) is 0 Å². The summed E-state index contributed by atoms with van der Waals surface area (Å²) in [6.07, 6.45) is 10.6. The number of hydrogen-bond donors (Lipinski definition) is 1. The van der Waals surface area contributed by atoms with E-state index in [-0.39, 0.29) is 0 Å². The normalized spacial score (nSPS) is 20.8. The van der Waals surface area contributed by atoms with Crippen LogP contribution in [-0.2, 0) is 0 Å². The van der Waals surface area contributed by atoms with Gasteiger partial charge in [-0.15, -0.1) is 0 Å². The molecule has 5 heteroatoms. The number of aromatic nitrogens is 2. The Morgan fingerprint density at radius 2 is 1.10 bits per heavy atom. The van der Waals surface area contributed by atoms with E-state index in [1.807, 2.05) is 0 Å². The van der Waals surface area contributed by atoms with Crippen molar-refractivity contribution >= 4 is 17.3 Å². The molecule has 2 aliphatic rings. The predicted octanol–water partition coefficient (Wildman–Crippen LogP) is 2.43. The minimum atomic E-state index is 0.774. The van der Waals surface area contributed by atoms with Gasteiger partial charge in [-0.3, -0.25) is 0 Å². The largest absolute Gasteiger partial charge is 0.393 e. The lowest BCUT2D eigenvalue weighted by molar-refractivity contribution is 0.573. The van der Waals surface area contributed by atoms with Crippen LogP contribution in [0.1, 0.15) is 44.9 Å². The Morgan fingerprint density at radius 3 is 1.55 bits per heavy atom. The third-order valence-corrected chi connectivity index (χ3v) is 4.40. The summed E-state index contributed by atoms with van der Waals surface area (Å²) in [6, 6.07) is 0. The van der Waals surface area contributed by atoms with Gasteiger partial charge in [0, 0.05) is 26.2 Å². The van der Waals surface area contributed by atoms with E-state index < -0.39 is 0 Å².